The smallest absolute Gasteiger partial charge is 0.143 e. The van der Waals surface area contributed by atoms with Gasteiger partial charge in [0.15, 0.2) is 0 Å². The van der Waals surface area contributed by atoms with Crippen LogP contribution in [0.5, 0.6) is 0 Å². The molecule has 0 aliphatic heterocycles. The van der Waals surface area contributed by atoms with Gasteiger partial charge in [0, 0.05) is 24.4 Å². The minimum Gasteiger partial charge on any atom is -0.372 e. The zero-order valence-corrected chi connectivity index (χ0v) is 14.1. The number of nitrogens with zero attached hydrogens (tertiary/aromatic N) is 2. The maximum atomic E-state index is 6.03. The molecular formula is C15H15ClIN3. The van der Waals surface area contributed by atoms with E-state index in [4.69, 9.17) is 16.6 Å². The van der Waals surface area contributed by atoms with Crippen LogP contribution >= 0.6 is 34.2 Å². The Hall–Kier alpha value is -0.880. The molecule has 1 aromatic carbocycles. The van der Waals surface area contributed by atoms with Crippen LogP contribution in [0.1, 0.15) is 35.8 Å². The molecule has 3 rings (SSSR count). The summed E-state index contributed by atoms with van der Waals surface area (Å²) in [7, 11) is 1.91. The van der Waals surface area contributed by atoms with Crippen LogP contribution < -0.4 is 5.32 Å². The van der Waals surface area contributed by atoms with Gasteiger partial charge in [0.2, 0.25) is 0 Å². The third kappa shape index (κ3) is 3.06. The number of hydrogen-bond donors (Lipinski definition) is 1. The highest BCUT2D eigenvalue weighted by Gasteiger charge is 2.29. The van der Waals surface area contributed by atoms with Crippen LogP contribution in [0.15, 0.2) is 24.3 Å². The molecule has 1 saturated carbocycles. The highest BCUT2D eigenvalue weighted by Crippen LogP contribution is 2.42. The molecular weight excluding hydrogens is 385 g/mol. The molecule has 3 nitrogen and oxygen atoms in total. The SMILES string of the molecule is CNc1nc(Cc2cccc(Cl)c2)nc(C2CC2)c1I. The van der Waals surface area contributed by atoms with E-state index in [-0.39, 0.29) is 0 Å². The molecule has 1 heterocycles. The molecule has 0 amide bonds. The molecule has 1 aliphatic rings. The normalized spacial score (nSPS) is 14.3. The number of hydrogen-bond acceptors (Lipinski definition) is 3. The van der Waals surface area contributed by atoms with Gasteiger partial charge < -0.3 is 5.32 Å². The van der Waals surface area contributed by atoms with Crippen molar-refractivity contribution in [2.75, 3.05) is 12.4 Å². The first-order valence-electron chi connectivity index (χ1n) is 6.66. The van der Waals surface area contributed by atoms with Crippen molar-refractivity contribution in [2.45, 2.75) is 25.2 Å². The fourth-order valence-electron chi connectivity index (χ4n) is 2.21. The molecule has 1 aliphatic carbocycles. The second kappa shape index (κ2) is 5.85. The van der Waals surface area contributed by atoms with Crippen LogP contribution in [0, 0.1) is 3.57 Å². The lowest BCUT2D eigenvalue weighted by atomic mass is 10.1. The lowest BCUT2D eigenvalue weighted by Gasteiger charge is -2.11. The van der Waals surface area contributed by atoms with Crippen molar-refractivity contribution in [3.63, 3.8) is 0 Å². The van der Waals surface area contributed by atoms with Gasteiger partial charge in [0.25, 0.3) is 0 Å². The molecule has 1 N–H and O–H groups in total. The zero-order valence-electron chi connectivity index (χ0n) is 11.2. The summed E-state index contributed by atoms with van der Waals surface area (Å²) in [5.74, 6) is 2.41. The Morgan fingerprint density at radius 2 is 2.15 bits per heavy atom. The number of aromatic nitrogens is 2. The third-order valence-electron chi connectivity index (χ3n) is 3.38. The average molecular weight is 400 g/mol. The van der Waals surface area contributed by atoms with E-state index in [0.29, 0.717) is 12.3 Å². The van der Waals surface area contributed by atoms with Crippen molar-refractivity contribution in [2.24, 2.45) is 0 Å². The quantitative estimate of drug-likeness (QED) is 0.781. The maximum absolute atomic E-state index is 6.03. The summed E-state index contributed by atoms with van der Waals surface area (Å²) in [6.45, 7) is 0. The summed E-state index contributed by atoms with van der Waals surface area (Å²) in [5, 5.41) is 3.93. The molecule has 104 valence electrons. The first-order chi connectivity index (χ1) is 9.67. The van der Waals surface area contributed by atoms with Crippen molar-refractivity contribution < 1.29 is 0 Å². The molecule has 1 fully saturated rings. The number of rotatable bonds is 4. The number of anilines is 1. The van der Waals surface area contributed by atoms with Gasteiger partial charge in [-0.15, -0.1) is 0 Å². The highest BCUT2D eigenvalue weighted by atomic mass is 127. The molecule has 2 aromatic rings. The molecule has 5 heteroatoms. The van der Waals surface area contributed by atoms with Gasteiger partial charge in [0.05, 0.1) is 9.26 Å². The zero-order chi connectivity index (χ0) is 14.1. The van der Waals surface area contributed by atoms with E-state index >= 15 is 0 Å². The van der Waals surface area contributed by atoms with Gasteiger partial charge in [-0.2, -0.15) is 0 Å². The minimum atomic E-state index is 0.620. The minimum absolute atomic E-state index is 0.620. The van der Waals surface area contributed by atoms with Crippen molar-refractivity contribution >= 4 is 40.0 Å². The molecule has 0 saturated heterocycles. The van der Waals surface area contributed by atoms with Crippen LogP contribution in [-0.2, 0) is 6.42 Å². The topological polar surface area (TPSA) is 37.8 Å². The molecule has 0 spiro atoms. The third-order valence-corrected chi connectivity index (χ3v) is 4.67. The summed E-state index contributed by atoms with van der Waals surface area (Å²) in [6.07, 6.45) is 3.20. The Morgan fingerprint density at radius 1 is 1.35 bits per heavy atom. The first kappa shape index (κ1) is 14.1. The second-order valence-electron chi connectivity index (χ2n) is 5.02. The first-order valence-corrected chi connectivity index (χ1v) is 8.11. The van der Waals surface area contributed by atoms with Crippen LogP contribution in [-0.4, -0.2) is 17.0 Å². The number of benzene rings is 1. The van der Waals surface area contributed by atoms with Crippen molar-refractivity contribution in [1.82, 2.24) is 9.97 Å². The lowest BCUT2D eigenvalue weighted by Crippen LogP contribution is -2.07. The monoisotopic (exact) mass is 399 g/mol. The van der Waals surface area contributed by atoms with Gasteiger partial charge in [-0.1, -0.05) is 23.7 Å². The Balaban J connectivity index is 1.94. The summed E-state index contributed by atoms with van der Waals surface area (Å²) < 4.78 is 1.16. The van der Waals surface area contributed by atoms with E-state index in [0.717, 1.165) is 25.8 Å². The van der Waals surface area contributed by atoms with E-state index < -0.39 is 0 Å². The van der Waals surface area contributed by atoms with Gasteiger partial charge in [-0.3, -0.25) is 0 Å². The Bertz CT molecular complexity index is 641. The van der Waals surface area contributed by atoms with E-state index in [1.165, 1.54) is 18.5 Å². The molecule has 0 bridgehead atoms. The van der Waals surface area contributed by atoms with E-state index in [1.807, 2.05) is 25.2 Å². The van der Waals surface area contributed by atoms with Crippen molar-refractivity contribution in [3.05, 3.63) is 49.9 Å². The molecule has 0 atom stereocenters. The Kier molecular flexibility index (Phi) is 4.12. The standard InChI is InChI=1S/C15H15ClIN3/c1-18-15-13(17)14(10-5-6-10)19-12(20-15)8-9-3-2-4-11(16)7-9/h2-4,7,10H,5-6,8H2,1H3,(H,18,19,20). The molecule has 0 radical (unpaired) electrons. The number of halogens is 2. The van der Waals surface area contributed by atoms with Crippen LogP contribution in [0.2, 0.25) is 5.02 Å². The van der Waals surface area contributed by atoms with Crippen LogP contribution in [0.4, 0.5) is 5.82 Å². The molecule has 20 heavy (non-hydrogen) atoms. The van der Waals surface area contributed by atoms with Gasteiger partial charge in [-0.25, -0.2) is 9.97 Å². The highest BCUT2D eigenvalue weighted by molar-refractivity contribution is 14.1. The summed E-state index contributed by atoms with van der Waals surface area (Å²) in [5.41, 5.74) is 2.34. The Morgan fingerprint density at radius 3 is 2.80 bits per heavy atom. The van der Waals surface area contributed by atoms with E-state index in [1.54, 1.807) is 0 Å². The predicted octanol–water partition coefficient (Wildman–Crippen LogP) is 4.24. The molecule has 1 aromatic heterocycles. The van der Waals surface area contributed by atoms with Gasteiger partial charge >= 0.3 is 0 Å². The van der Waals surface area contributed by atoms with Gasteiger partial charge in [0.1, 0.15) is 11.6 Å². The van der Waals surface area contributed by atoms with Crippen LogP contribution in [0.3, 0.4) is 0 Å². The maximum Gasteiger partial charge on any atom is 0.143 e. The van der Waals surface area contributed by atoms with E-state index in [2.05, 4.69) is 39.0 Å². The van der Waals surface area contributed by atoms with Gasteiger partial charge in [-0.05, 0) is 53.1 Å². The predicted molar refractivity (Wildman–Crippen MR) is 90.5 cm³/mol. The number of nitrogens with one attached hydrogen (secondary N) is 1. The molecule has 0 unspecified atom stereocenters. The largest absolute Gasteiger partial charge is 0.372 e. The lowest BCUT2D eigenvalue weighted by molar-refractivity contribution is 0.891. The summed E-state index contributed by atoms with van der Waals surface area (Å²) in [4.78, 5) is 9.38. The summed E-state index contributed by atoms with van der Waals surface area (Å²) in [6, 6.07) is 7.88. The van der Waals surface area contributed by atoms with Crippen molar-refractivity contribution in [3.8, 4) is 0 Å². The Labute approximate surface area is 137 Å². The van der Waals surface area contributed by atoms with E-state index in [9.17, 15) is 0 Å². The fourth-order valence-corrected chi connectivity index (χ4v) is 3.38. The van der Waals surface area contributed by atoms with Crippen LogP contribution in [0.25, 0.3) is 0 Å². The average Bonchev–Trinajstić information content (AvgIpc) is 3.25. The summed E-state index contributed by atoms with van der Waals surface area (Å²) >= 11 is 8.37. The second-order valence-corrected chi connectivity index (χ2v) is 6.53. The fraction of sp³-hybridized carbons (Fsp3) is 0.333. The van der Waals surface area contributed by atoms with Crippen molar-refractivity contribution in [1.29, 1.82) is 0 Å².